The fourth-order valence-electron chi connectivity index (χ4n) is 2.01. The topological polar surface area (TPSA) is 66.5 Å². The van der Waals surface area contributed by atoms with Crippen LogP contribution in [0.15, 0.2) is 18.2 Å². The predicted molar refractivity (Wildman–Crippen MR) is 85.8 cm³/mol. The summed E-state index contributed by atoms with van der Waals surface area (Å²) in [5, 5.41) is 2.79. The molecule has 5 nitrogen and oxygen atoms in total. The van der Waals surface area contributed by atoms with Crippen LogP contribution in [0.5, 0.6) is 0 Å². The van der Waals surface area contributed by atoms with Crippen LogP contribution in [0.2, 0.25) is 0 Å². The van der Waals surface area contributed by atoms with Crippen molar-refractivity contribution in [2.75, 3.05) is 18.1 Å². The van der Waals surface area contributed by atoms with Gasteiger partial charge in [-0.1, -0.05) is 19.1 Å². The minimum absolute atomic E-state index is 0.165. The van der Waals surface area contributed by atoms with E-state index in [0.717, 1.165) is 23.1 Å². The summed E-state index contributed by atoms with van der Waals surface area (Å²) >= 11 is 0. The molecule has 1 N–H and O–H groups in total. The Labute approximate surface area is 127 Å². The van der Waals surface area contributed by atoms with Gasteiger partial charge in [0.2, 0.25) is 15.9 Å². The number of hydrogen-bond acceptors (Lipinski definition) is 3. The van der Waals surface area contributed by atoms with Crippen LogP contribution in [-0.4, -0.2) is 37.5 Å². The molecule has 0 spiro atoms. The molecule has 0 heterocycles. The Hall–Kier alpha value is -1.40. The van der Waals surface area contributed by atoms with E-state index in [1.54, 1.807) is 6.92 Å². The van der Waals surface area contributed by atoms with E-state index in [4.69, 9.17) is 0 Å². The number of nitrogens with one attached hydrogen (secondary N) is 1. The largest absolute Gasteiger partial charge is 0.325 e. The molecule has 0 bridgehead atoms. The Morgan fingerprint density at radius 3 is 2.48 bits per heavy atom. The molecule has 21 heavy (non-hydrogen) atoms. The number of amides is 1. The van der Waals surface area contributed by atoms with E-state index in [9.17, 15) is 13.2 Å². The molecule has 0 aromatic heterocycles. The highest BCUT2D eigenvalue weighted by molar-refractivity contribution is 7.88. The van der Waals surface area contributed by atoms with Crippen molar-refractivity contribution in [1.29, 1.82) is 0 Å². The molecule has 0 radical (unpaired) electrons. The standard InChI is InChI=1S/C15H24N2O3S/c1-6-13(4)17(21(5,19)20)10-15(18)16-14-9-11(2)7-8-12(14)3/h7-9,13H,6,10H2,1-5H3,(H,16,18). The van der Waals surface area contributed by atoms with Crippen molar-refractivity contribution in [2.45, 2.75) is 40.2 Å². The summed E-state index contributed by atoms with van der Waals surface area (Å²) in [6.07, 6.45) is 1.79. The van der Waals surface area contributed by atoms with Crippen LogP contribution >= 0.6 is 0 Å². The Kier molecular flexibility index (Phi) is 5.92. The van der Waals surface area contributed by atoms with Crippen molar-refractivity contribution in [3.8, 4) is 0 Å². The first-order valence-electron chi connectivity index (χ1n) is 6.99. The minimum atomic E-state index is -3.41. The minimum Gasteiger partial charge on any atom is -0.325 e. The number of carbonyl (C=O) groups excluding carboxylic acids is 1. The summed E-state index contributed by atoms with van der Waals surface area (Å²) in [6.45, 7) is 7.37. The Balaban J connectivity index is 2.86. The van der Waals surface area contributed by atoms with Crippen molar-refractivity contribution in [3.05, 3.63) is 29.3 Å². The number of nitrogens with zero attached hydrogens (tertiary/aromatic N) is 1. The quantitative estimate of drug-likeness (QED) is 0.876. The third-order valence-electron chi connectivity index (χ3n) is 3.48. The number of anilines is 1. The summed E-state index contributed by atoms with van der Waals surface area (Å²) in [5.41, 5.74) is 2.71. The maximum atomic E-state index is 12.1. The second kappa shape index (κ2) is 7.04. The van der Waals surface area contributed by atoms with Gasteiger partial charge in [0.25, 0.3) is 0 Å². The summed E-state index contributed by atoms with van der Waals surface area (Å²) < 4.78 is 24.8. The molecule has 1 rings (SSSR count). The lowest BCUT2D eigenvalue weighted by Crippen LogP contribution is -2.42. The molecule has 1 aromatic carbocycles. The maximum Gasteiger partial charge on any atom is 0.239 e. The highest BCUT2D eigenvalue weighted by atomic mass is 32.2. The zero-order chi connectivity index (χ0) is 16.2. The first-order chi connectivity index (χ1) is 9.65. The monoisotopic (exact) mass is 312 g/mol. The molecule has 1 amide bonds. The molecule has 0 aliphatic heterocycles. The fraction of sp³-hybridized carbons (Fsp3) is 0.533. The lowest BCUT2D eigenvalue weighted by Gasteiger charge is -2.25. The molecular weight excluding hydrogens is 288 g/mol. The third-order valence-corrected chi connectivity index (χ3v) is 4.82. The fourth-order valence-corrected chi connectivity index (χ4v) is 3.16. The van der Waals surface area contributed by atoms with Gasteiger partial charge >= 0.3 is 0 Å². The SMILES string of the molecule is CCC(C)N(CC(=O)Nc1cc(C)ccc1C)S(C)(=O)=O. The van der Waals surface area contributed by atoms with Gasteiger partial charge in [0.15, 0.2) is 0 Å². The number of rotatable bonds is 6. The van der Waals surface area contributed by atoms with E-state index < -0.39 is 10.0 Å². The van der Waals surface area contributed by atoms with Gasteiger partial charge in [0.1, 0.15) is 0 Å². The molecule has 0 aliphatic rings. The molecule has 6 heteroatoms. The number of aryl methyl sites for hydroxylation is 2. The second-order valence-electron chi connectivity index (χ2n) is 5.43. The number of carbonyl (C=O) groups is 1. The first kappa shape index (κ1) is 17.7. The summed E-state index contributed by atoms with van der Waals surface area (Å²) in [5.74, 6) is -0.325. The highest BCUT2D eigenvalue weighted by Gasteiger charge is 2.24. The highest BCUT2D eigenvalue weighted by Crippen LogP contribution is 2.17. The third kappa shape index (κ3) is 5.13. The molecule has 118 valence electrons. The van der Waals surface area contributed by atoms with Crippen LogP contribution in [0.3, 0.4) is 0 Å². The van der Waals surface area contributed by atoms with E-state index >= 15 is 0 Å². The van der Waals surface area contributed by atoms with E-state index in [-0.39, 0.29) is 18.5 Å². The Morgan fingerprint density at radius 2 is 1.95 bits per heavy atom. The summed E-state index contributed by atoms with van der Waals surface area (Å²) in [4.78, 5) is 12.1. The van der Waals surface area contributed by atoms with Crippen molar-refractivity contribution in [1.82, 2.24) is 4.31 Å². The maximum absolute atomic E-state index is 12.1. The van der Waals surface area contributed by atoms with Crippen LogP contribution in [0, 0.1) is 13.8 Å². The molecule has 0 saturated heterocycles. The van der Waals surface area contributed by atoms with Gasteiger partial charge in [-0.3, -0.25) is 4.79 Å². The zero-order valence-electron chi connectivity index (χ0n) is 13.3. The average molecular weight is 312 g/mol. The van der Waals surface area contributed by atoms with Crippen molar-refractivity contribution in [3.63, 3.8) is 0 Å². The first-order valence-corrected chi connectivity index (χ1v) is 8.84. The number of sulfonamides is 1. The normalized spacial score (nSPS) is 13.2. The Bertz CT molecular complexity index is 611. The van der Waals surface area contributed by atoms with E-state index in [1.165, 1.54) is 4.31 Å². The molecule has 1 unspecified atom stereocenters. The second-order valence-corrected chi connectivity index (χ2v) is 7.37. The molecule has 1 atom stereocenters. The van der Waals surface area contributed by atoms with Gasteiger partial charge in [-0.2, -0.15) is 4.31 Å². The van der Waals surface area contributed by atoms with E-state index in [1.807, 2.05) is 39.0 Å². The smallest absolute Gasteiger partial charge is 0.239 e. The van der Waals surface area contributed by atoms with Gasteiger partial charge in [0, 0.05) is 11.7 Å². The van der Waals surface area contributed by atoms with Gasteiger partial charge < -0.3 is 5.32 Å². The van der Waals surface area contributed by atoms with Crippen LogP contribution in [0.1, 0.15) is 31.4 Å². The van der Waals surface area contributed by atoms with Crippen molar-refractivity contribution < 1.29 is 13.2 Å². The van der Waals surface area contributed by atoms with Crippen LogP contribution < -0.4 is 5.32 Å². The molecule has 1 aromatic rings. The summed E-state index contributed by atoms with van der Waals surface area (Å²) in [6, 6.07) is 5.56. The molecule has 0 fully saturated rings. The van der Waals surface area contributed by atoms with Gasteiger partial charge in [-0.25, -0.2) is 8.42 Å². The summed E-state index contributed by atoms with van der Waals surface area (Å²) in [7, 11) is -3.41. The molecule has 0 saturated carbocycles. The average Bonchev–Trinajstić information content (AvgIpc) is 2.38. The van der Waals surface area contributed by atoms with Gasteiger partial charge in [-0.15, -0.1) is 0 Å². The van der Waals surface area contributed by atoms with E-state index in [2.05, 4.69) is 5.32 Å². The van der Waals surface area contributed by atoms with Gasteiger partial charge in [0.05, 0.1) is 12.8 Å². The van der Waals surface area contributed by atoms with Crippen LogP contribution in [0.4, 0.5) is 5.69 Å². The number of benzene rings is 1. The lowest BCUT2D eigenvalue weighted by atomic mass is 10.1. The predicted octanol–water partition coefficient (Wildman–Crippen LogP) is 2.30. The lowest BCUT2D eigenvalue weighted by molar-refractivity contribution is -0.116. The Morgan fingerprint density at radius 1 is 1.33 bits per heavy atom. The van der Waals surface area contributed by atoms with E-state index in [0.29, 0.717) is 6.42 Å². The molecule has 0 aliphatic carbocycles. The van der Waals surface area contributed by atoms with Crippen LogP contribution in [0.25, 0.3) is 0 Å². The zero-order valence-corrected chi connectivity index (χ0v) is 14.1. The molecular formula is C15H24N2O3S. The van der Waals surface area contributed by atoms with Gasteiger partial charge in [-0.05, 0) is 44.4 Å². The number of hydrogen-bond donors (Lipinski definition) is 1. The van der Waals surface area contributed by atoms with Crippen molar-refractivity contribution in [2.24, 2.45) is 0 Å². The van der Waals surface area contributed by atoms with Crippen LogP contribution in [-0.2, 0) is 14.8 Å². The van der Waals surface area contributed by atoms with Crippen molar-refractivity contribution >= 4 is 21.6 Å².